The molecule has 150 valence electrons. The summed E-state index contributed by atoms with van der Waals surface area (Å²) in [7, 11) is 0. The van der Waals surface area contributed by atoms with E-state index in [9.17, 15) is 14.4 Å². The summed E-state index contributed by atoms with van der Waals surface area (Å²) in [5, 5.41) is 9.74. The second kappa shape index (κ2) is 9.70. The summed E-state index contributed by atoms with van der Waals surface area (Å²) < 4.78 is 7.11. The molecule has 1 saturated heterocycles. The summed E-state index contributed by atoms with van der Waals surface area (Å²) in [5.41, 5.74) is 0.919. The number of aromatic amines is 1. The number of ether oxygens (including phenoxy) is 1. The number of hydrogen-bond acceptors (Lipinski definition) is 6. The first-order valence-corrected chi connectivity index (χ1v) is 10.4. The molecular formula is C19H24N4O4S. The van der Waals surface area contributed by atoms with Gasteiger partial charge in [0.15, 0.2) is 10.9 Å². The molecule has 28 heavy (non-hydrogen) atoms. The quantitative estimate of drug-likeness (QED) is 0.491. The Hall–Kier alpha value is -2.39. The first kappa shape index (κ1) is 20.3. The van der Waals surface area contributed by atoms with Crippen LogP contribution in [0.25, 0.3) is 0 Å². The highest BCUT2D eigenvalue weighted by atomic mass is 32.2. The van der Waals surface area contributed by atoms with E-state index < -0.39 is 0 Å². The van der Waals surface area contributed by atoms with Crippen LogP contribution in [0.15, 0.2) is 34.2 Å². The number of hydrogen-bond donors (Lipinski definition) is 2. The lowest BCUT2D eigenvalue weighted by Gasteiger charge is -2.10. The Bertz CT molecular complexity index is 869. The number of benzene rings is 1. The van der Waals surface area contributed by atoms with Gasteiger partial charge in [-0.3, -0.25) is 14.2 Å². The lowest BCUT2D eigenvalue weighted by atomic mass is 10.1. The first-order chi connectivity index (χ1) is 13.6. The van der Waals surface area contributed by atoms with Gasteiger partial charge in [0.25, 0.3) is 0 Å². The van der Waals surface area contributed by atoms with Gasteiger partial charge in [0.1, 0.15) is 0 Å². The van der Waals surface area contributed by atoms with E-state index in [4.69, 9.17) is 4.74 Å². The number of carbonyl (C=O) groups is 2. The molecule has 2 N–H and O–H groups in total. The summed E-state index contributed by atoms with van der Waals surface area (Å²) in [4.78, 5) is 36.0. The zero-order valence-electron chi connectivity index (χ0n) is 15.8. The maximum Gasteiger partial charge on any atom is 0.344 e. The second-order valence-electron chi connectivity index (χ2n) is 6.64. The van der Waals surface area contributed by atoms with Crippen molar-refractivity contribution in [3.63, 3.8) is 0 Å². The molecular weight excluding hydrogens is 380 g/mol. The third-order valence-corrected chi connectivity index (χ3v) is 5.41. The van der Waals surface area contributed by atoms with Crippen LogP contribution in [0.4, 0.5) is 5.69 Å². The molecule has 1 aliphatic rings. The molecule has 2 aromatic rings. The van der Waals surface area contributed by atoms with Crippen LogP contribution >= 0.6 is 11.8 Å². The van der Waals surface area contributed by atoms with Crippen molar-refractivity contribution in [1.82, 2.24) is 14.8 Å². The van der Waals surface area contributed by atoms with Crippen LogP contribution in [-0.2, 0) is 16.1 Å². The third-order valence-electron chi connectivity index (χ3n) is 4.43. The topological polar surface area (TPSA) is 106 Å². The van der Waals surface area contributed by atoms with E-state index in [1.165, 1.54) is 16.3 Å². The minimum Gasteiger partial charge on any atom is -0.376 e. The van der Waals surface area contributed by atoms with E-state index in [-0.39, 0.29) is 29.2 Å². The Morgan fingerprint density at radius 1 is 1.36 bits per heavy atom. The van der Waals surface area contributed by atoms with Crippen LogP contribution < -0.4 is 11.0 Å². The second-order valence-corrected chi connectivity index (χ2v) is 7.59. The zero-order valence-corrected chi connectivity index (χ0v) is 16.6. The van der Waals surface area contributed by atoms with Gasteiger partial charge >= 0.3 is 5.69 Å². The predicted octanol–water partition coefficient (Wildman–Crippen LogP) is 2.46. The number of carbonyl (C=O) groups excluding carboxylic acids is 2. The Balaban J connectivity index is 1.57. The summed E-state index contributed by atoms with van der Waals surface area (Å²) in [5.74, 6) is 0.0487. The highest BCUT2D eigenvalue weighted by Crippen LogP contribution is 2.20. The number of ketones is 1. The fourth-order valence-corrected chi connectivity index (χ4v) is 3.82. The van der Waals surface area contributed by atoms with E-state index >= 15 is 0 Å². The lowest BCUT2D eigenvalue weighted by Crippen LogP contribution is -2.25. The molecule has 1 aliphatic heterocycles. The van der Waals surface area contributed by atoms with Gasteiger partial charge in [0, 0.05) is 24.3 Å². The molecule has 8 nitrogen and oxygen atoms in total. The normalized spacial score (nSPS) is 16.2. The Kier molecular flexibility index (Phi) is 7.05. The fraction of sp³-hybridized carbons (Fsp3) is 0.474. The van der Waals surface area contributed by atoms with Crippen molar-refractivity contribution in [3.8, 4) is 0 Å². The number of anilines is 1. The van der Waals surface area contributed by atoms with Gasteiger partial charge in [-0.1, -0.05) is 18.7 Å². The smallest absolute Gasteiger partial charge is 0.344 e. The third kappa shape index (κ3) is 5.32. The zero-order chi connectivity index (χ0) is 19.9. The van der Waals surface area contributed by atoms with Gasteiger partial charge in [0.2, 0.25) is 5.91 Å². The molecule has 1 fully saturated rings. The SMILES string of the molecule is CCCC(=O)Nc1ccc(C(=O)CSc2n[nH]c(=O)n2C[C@@H]2CCCO2)cc1. The number of rotatable bonds is 9. The highest BCUT2D eigenvalue weighted by molar-refractivity contribution is 7.99. The largest absolute Gasteiger partial charge is 0.376 e. The van der Waals surface area contributed by atoms with Crippen molar-refractivity contribution in [2.45, 2.75) is 50.4 Å². The number of thioether (sulfide) groups is 1. The molecule has 1 aromatic heterocycles. The first-order valence-electron chi connectivity index (χ1n) is 9.39. The number of nitrogens with zero attached hydrogens (tertiary/aromatic N) is 2. The van der Waals surface area contributed by atoms with Crippen LogP contribution in [0.1, 0.15) is 43.0 Å². The molecule has 1 atom stereocenters. The van der Waals surface area contributed by atoms with Gasteiger partial charge in [-0.2, -0.15) is 0 Å². The molecule has 0 radical (unpaired) electrons. The fourth-order valence-electron chi connectivity index (χ4n) is 2.97. The summed E-state index contributed by atoms with van der Waals surface area (Å²) >= 11 is 1.22. The van der Waals surface area contributed by atoms with Crippen molar-refractivity contribution < 1.29 is 14.3 Å². The van der Waals surface area contributed by atoms with Crippen molar-refractivity contribution in [2.75, 3.05) is 17.7 Å². The molecule has 0 bridgehead atoms. The number of Topliss-reactive ketones (excluding diaryl/α,β-unsaturated/α-hetero) is 1. The Morgan fingerprint density at radius 2 is 2.14 bits per heavy atom. The lowest BCUT2D eigenvalue weighted by molar-refractivity contribution is -0.116. The minimum absolute atomic E-state index is 0.0146. The average molecular weight is 404 g/mol. The van der Waals surface area contributed by atoms with Gasteiger partial charge in [-0.15, -0.1) is 5.10 Å². The number of aromatic nitrogens is 3. The standard InChI is InChI=1S/C19H24N4O4S/c1-2-4-17(25)20-14-8-6-13(7-9-14)16(24)12-28-19-22-21-18(26)23(19)11-15-5-3-10-27-15/h6-9,15H,2-5,10-12H2,1H3,(H,20,25)(H,21,26)/t15-/m0/s1. The molecule has 0 aliphatic carbocycles. The predicted molar refractivity (Wildman–Crippen MR) is 107 cm³/mol. The van der Waals surface area contributed by atoms with E-state index in [0.717, 1.165) is 19.3 Å². The average Bonchev–Trinajstić information content (AvgIpc) is 3.32. The Morgan fingerprint density at radius 3 is 2.82 bits per heavy atom. The molecule has 9 heteroatoms. The van der Waals surface area contributed by atoms with Gasteiger partial charge < -0.3 is 10.1 Å². The molecule has 0 unspecified atom stereocenters. The summed E-state index contributed by atoms with van der Waals surface area (Å²) in [6.07, 6.45) is 3.18. The monoisotopic (exact) mass is 404 g/mol. The molecule has 0 saturated carbocycles. The van der Waals surface area contributed by atoms with E-state index in [1.54, 1.807) is 24.3 Å². The molecule has 3 rings (SSSR count). The highest BCUT2D eigenvalue weighted by Gasteiger charge is 2.20. The van der Waals surface area contributed by atoms with Crippen molar-refractivity contribution in [1.29, 1.82) is 0 Å². The van der Waals surface area contributed by atoms with Crippen LogP contribution in [0, 0.1) is 0 Å². The molecule has 1 aromatic carbocycles. The van der Waals surface area contributed by atoms with Crippen molar-refractivity contribution >= 4 is 29.1 Å². The number of H-pyrrole nitrogens is 1. The van der Waals surface area contributed by atoms with Crippen LogP contribution in [0.3, 0.4) is 0 Å². The molecule has 1 amide bonds. The van der Waals surface area contributed by atoms with Crippen LogP contribution in [0.2, 0.25) is 0 Å². The van der Waals surface area contributed by atoms with E-state index in [2.05, 4.69) is 15.5 Å². The maximum atomic E-state index is 12.5. The van der Waals surface area contributed by atoms with Crippen molar-refractivity contribution in [3.05, 3.63) is 40.3 Å². The van der Waals surface area contributed by atoms with Gasteiger partial charge in [0.05, 0.1) is 18.4 Å². The van der Waals surface area contributed by atoms with Crippen molar-refractivity contribution in [2.24, 2.45) is 0 Å². The molecule has 0 spiro atoms. The number of nitrogens with one attached hydrogen (secondary N) is 2. The van der Waals surface area contributed by atoms with Crippen LogP contribution in [-0.4, -0.2) is 44.9 Å². The molecule has 2 heterocycles. The number of amides is 1. The van der Waals surface area contributed by atoms with Crippen LogP contribution in [0.5, 0.6) is 0 Å². The summed E-state index contributed by atoms with van der Waals surface area (Å²) in [6.45, 7) is 3.10. The van der Waals surface area contributed by atoms with E-state index in [0.29, 0.717) is 36.0 Å². The van der Waals surface area contributed by atoms with E-state index in [1.807, 2.05) is 6.92 Å². The summed E-state index contributed by atoms with van der Waals surface area (Å²) in [6, 6.07) is 6.81. The minimum atomic E-state index is -0.294. The van der Waals surface area contributed by atoms with Gasteiger partial charge in [-0.05, 0) is 43.5 Å². The Labute approximate surface area is 167 Å². The van der Waals surface area contributed by atoms with Gasteiger partial charge in [-0.25, -0.2) is 9.89 Å². The maximum absolute atomic E-state index is 12.5.